The molecule has 0 saturated carbocycles. The minimum Gasteiger partial charge on any atom is -0.326 e. The molecule has 0 spiro atoms. The fourth-order valence-electron chi connectivity index (χ4n) is 3.21. The predicted octanol–water partition coefficient (Wildman–Crippen LogP) is 3.46. The van der Waals surface area contributed by atoms with Gasteiger partial charge in [0.25, 0.3) is 0 Å². The minimum absolute atomic E-state index is 0.0708. The van der Waals surface area contributed by atoms with Gasteiger partial charge in [-0.2, -0.15) is 0 Å². The van der Waals surface area contributed by atoms with Crippen LogP contribution in [-0.4, -0.2) is 34.6 Å². The van der Waals surface area contributed by atoms with Crippen molar-refractivity contribution < 1.29 is 9.59 Å². The second-order valence-electron chi connectivity index (χ2n) is 5.74. The normalized spacial score (nSPS) is 20.9. The van der Waals surface area contributed by atoms with Crippen molar-refractivity contribution in [1.29, 1.82) is 0 Å². The summed E-state index contributed by atoms with van der Waals surface area (Å²) in [6, 6.07) is 5.68. The summed E-state index contributed by atoms with van der Waals surface area (Å²) in [5.41, 5.74) is 1.99. The highest BCUT2D eigenvalue weighted by Gasteiger charge is 2.41. The second-order valence-corrected chi connectivity index (χ2v) is 7.44. The monoisotopic (exact) mass is 428 g/mol. The Labute approximate surface area is 147 Å². The molecule has 0 N–H and O–H groups in total. The molecule has 0 aromatic heterocycles. The number of halogens is 2. The number of nitrogens with zero attached hydrogens (tertiary/aromatic N) is 2. The number of hydrogen-bond acceptors (Lipinski definition) is 2. The molecule has 1 atom stereocenters. The second kappa shape index (κ2) is 6.71. The Kier molecular flexibility index (Phi) is 4.88. The van der Waals surface area contributed by atoms with Gasteiger partial charge in [0.1, 0.15) is 6.04 Å². The first-order valence-corrected chi connectivity index (χ1v) is 9.48. The zero-order valence-corrected chi connectivity index (χ0v) is 15.4. The predicted molar refractivity (Wildman–Crippen MR) is 93.1 cm³/mol. The fraction of sp³-hybridized carbons (Fsp3) is 0.500. The lowest BCUT2D eigenvalue weighted by Crippen LogP contribution is -2.44. The van der Waals surface area contributed by atoms with Crippen molar-refractivity contribution in [3.63, 3.8) is 0 Å². The summed E-state index contributed by atoms with van der Waals surface area (Å²) in [5.74, 6) is 0.160. The van der Waals surface area contributed by atoms with Crippen LogP contribution < -0.4 is 4.90 Å². The van der Waals surface area contributed by atoms with Gasteiger partial charge in [-0.15, -0.1) is 0 Å². The average molecular weight is 430 g/mol. The van der Waals surface area contributed by atoms with E-state index in [-0.39, 0.29) is 17.9 Å². The molecular weight excluding hydrogens is 412 g/mol. The number of carbonyl (C=O) groups excluding carboxylic acids is 2. The molecule has 2 aliphatic heterocycles. The van der Waals surface area contributed by atoms with Gasteiger partial charge in [-0.3, -0.25) is 9.59 Å². The summed E-state index contributed by atoms with van der Waals surface area (Å²) in [7, 11) is 0. The van der Waals surface area contributed by atoms with E-state index in [1.807, 2.05) is 23.1 Å². The molecule has 1 saturated heterocycles. The molecule has 0 radical (unpaired) electrons. The number of rotatable bonds is 4. The third-order valence-electron chi connectivity index (χ3n) is 4.32. The molecule has 2 heterocycles. The number of alkyl halides is 1. The Morgan fingerprint density at radius 2 is 2.05 bits per heavy atom. The minimum atomic E-state index is -0.289. The third kappa shape index (κ3) is 2.95. The number of unbranched alkanes of at least 4 members (excludes halogenated alkanes) is 1. The lowest BCUT2D eigenvalue weighted by atomic mass is 10.1. The summed E-state index contributed by atoms with van der Waals surface area (Å²) >= 11 is 6.93. The molecule has 4 nitrogen and oxygen atoms in total. The van der Waals surface area contributed by atoms with Gasteiger partial charge in [-0.05, 0) is 43.0 Å². The van der Waals surface area contributed by atoms with Crippen molar-refractivity contribution in [1.82, 2.24) is 4.90 Å². The summed E-state index contributed by atoms with van der Waals surface area (Å²) < 4.78 is 0.976. The maximum absolute atomic E-state index is 12.9. The quantitative estimate of drug-likeness (QED) is 0.543. The summed E-state index contributed by atoms with van der Waals surface area (Å²) in [6.07, 6.45) is 3.10. The molecule has 22 heavy (non-hydrogen) atoms. The number of anilines is 1. The van der Waals surface area contributed by atoms with Crippen LogP contribution in [0.1, 0.15) is 31.2 Å². The Morgan fingerprint density at radius 1 is 1.23 bits per heavy atom. The molecule has 6 heteroatoms. The van der Waals surface area contributed by atoms with Crippen molar-refractivity contribution in [3.8, 4) is 0 Å². The van der Waals surface area contributed by atoms with Crippen molar-refractivity contribution in [2.24, 2.45) is 0 Å². The number of fused-ring (bicyclic) bond motifs is 2. The Balaban J connectivity index is 1.97. The highest BCUT2D eigenvalue weighted by atomic mass is 79.9. The van der Waals surface area contributed by atoms with Gasteiger partial charge < -0.3 is 9.80 Å². The maximum Gasteiger partial charge on any atom is 0.249 e. The first-order chi connectivity index (χ1) is 10.6. The zero-order chi connectivity index (χ0) is 15.7. The van der Waals surface area contributed by atoms with E-state index in [2.05, 4.69) is 31.9 Å². The Hall–Kier alpha value is -0.880. The van der Waals surface area contributed by atoms with Crippen molar-refractivity contribution in [3.05, 3.63) is 28.2 Å². The lowest BCUT2D eigenvalue weighted by molar-refractivity contribution is -0.134. The topological polar surface area (TPSA) is 40.6 Å². The largest absolute Gasteiger partial charge is 0.326 e. The van der Waals surface area contributed by atoms with E-state index in [1.165, 1.54) is 0 Å². The lowest BCUT2D eigenvalue weighted by Gasteiger charge is -2.26. The van der Waals surface area contributed by atoms with E-state index in [9.17, 15) is 9.59 Å². The van der Waals surface area contributed by atoms with Crippen molar-refractivity contribution in [2.45, 2.75) is 38.3 Å². The van der Waals surface area contributed by atoms with Crippen LogP contribution in [0.25, 0.3) is 0 Å². The highest BCUT2D eigenvalue weighted by Crippen LogP contribution is 2.34. The van der Waals surface area contributed by atoms with Crippen LogP contribution in [0.3, 0.4) is 0 Å². The highest BCUT2D eigenvalue weighted by molar-refractivity contribution is 9.10. The molecule has 0 aliphatic carbocycles. The average Bonchev–Trinajstić information content (AvgIpc) is 2.80. The van der Waals surface area contributed by atoms with Gasteiger partial charge >= 0.3 is 0 Å². The molecule has 2 aliphatic rings. The van der Waals surface area contributed by atoms with Crippen molar-refractivity contribution >= 4 is 49.4 Å². The number of amides is 2. The van der Waals surface area contributed by atoms with Crippen LogP contribution in [0.2, 0.25) is 0 Å². The van der Waals surface area contributed by atoms with Crippen LogP contribution in [-0.2, 0) is 16.1 Å². The van der Waals surface area contributed by atoms with Crippen LogP contribution in [0.15, 0.2) is 22.7 Å². The first kappa shape index (κ1) is 16.0. The third-order valence-corrected chi connectivity index (χ3v) is 5.37. The molecule has 118 valence electrons. The van der Waals surface area contributed by atoms with Gasteiger partial charge in [0, 0.05) is 35.0 Å². The van der Waals surface area contributed by atoms with Crippen LogP contribution in [0, 0.1) is 0 Å². The molecule has 0 unspecified atom stereocenters. The Bertz CT molecular complexity index is 606. The van der Waals surface area contributed by atoms with Crippen LogP contribution >= 0.6 is 31.9 Å². The molecule has 1 fully saturated rings. The maximum atomic E-state index is 12.9. The van der Waals surface area contributed by atoms with Crippen molar-refractivity contribution in [2.75, 3.05) is 16.8 Å². The number of hydrogen-bond donors (Lipinski definition) is 0. The van der Waals surface area contributed by atoms with Gasteiger partial charge in [-0.25, -0.2) is 0 Å². The zero-order valence-electron chi connectivity index (χ0n) is 12.2. The van der Waals surface area contributed by atoms with Crippen LogP contribution in [0.4, 0.5) is 5.69 Å². The van der Waals surface area contributed by atoms with E-state index in [4.69, 9.17) is 0 Å². The Morgan fingerprint density at radius 3 is 2.82 bits per heavy atom. The summed E-state index contributed by atoms with van der Waals surface area (Å²) in [4.78, 5) is 28.7. The SMILES string of the molecule is O=C1[C@@H]2CCC(=O)N2Cc2cc(Br)ccc2N1CCCCBr. The molecule has 0 bridgehead atoms. The van der Waals surface area contributed by atoms with E-state index >= 15 is 0 Å². The number of carbonyl (C=O) groups is 2. The van der Waals surface area contributed by atoms with E-state index in [1.54, 1.807) is 4.90 Å². The van der Waals surface area contributed by atoms with E-state index in [0.717, 1.165) is 33.9 Å². The molecule has 1 aromatic carbocycles. The standard InChI is InChI=1S/C16H18Br2N2O2/c17-7-1-2-8-19-13-4-3-12(18)9-11(13)10-20-14(16(19)22)5-6-15(20)21/h3-4,9,14H,1-2,5-8,10H2/t14-/m0/s1. The molecular formula is C16H18Br2N2O2. The van der Waals surface area contributed by atoms with Gasteiger partial charge in [0.15, 0.2) is 0 Å². The molecule has 1 aromatic rings. The van der Waals surface area contributed by atoms with Gasteiger partial charge in [0.05, 0.1) is 0 Å². The van der Waals surface area contributed by atoms with E-state index in [0.29, 0.717) is 25.9 Å². The van der Waals surface area contributed by atoms with Crippen LogP contribution in [0.5, 0.6) is 0 Å². The fourth-order valence-corrected chi connectivity index (χ4v) is 4.01. The smallest absolute Gasteiger partial charge is 0.249 e. The van der Waals surface area contributed by atoms with E-state index < -0.39 is 0 Å². The van der Waals surface area contributed by atoms with Gasteiger partial charge in [0.2, 0.25) is 11.8 Å². The molecule has 2 amide bonds. The van der Waals surface area contributed by atoms with Gasteiger partial charge in [-0.1, -0.05) is 31.9 Å². The first-order valence-electron chi connectivity index (χ1n) is 7.57. The number of benzene rings is 1. The summed E-state index contributed by atoms with van der Waals surface area (Å²) in [5, 5.41) is 0.941. The summed E-state index contributed by atoms with van der Waals surface area (Å²) in [6.45, 7) is 1.23. The molecule has 3 rings (SSSR count).